The van der Waals surface area contributed by atoms with Gasteiger partial charge in [0.2, 0.25) is 5.78 Å². The fourth-order valence-electron chi connectivity index (χ4n) is 1.55. The third-order valence-electron chi connectivity index (χ3n) is 2.52. The van der Waals surface area contributed by atoms with E-state index in [1.807, 2.05) is 5.92 Å². The van der Waals surface area contributed by atoms with E-state index in [2.05, 4.69) is 6.92 Å². The molecule has 0 aliphatic carbocycles. The zero-order valence-electron chi connectivity index (χ0n) is 10.8. The molecular weight excluding hydrogens is 222 g/mol. The zero-order chi connectivity index (χ0) is 13.1. The van der Waals surface area contributed by atoms with E-state index in [1.54, 1.807) is 5.92 Å². The second-order valence-electron chi connectivity index (χ2n) is 4.38. The quantitative estimate of drug-likeness (QED) is 0.352. The highest BCUT2D eigenvalue weighted by Crippen LogP contribution is 2.21. The Bertz CT molecular complexity index is 274. The van der Waals surface area contributed by atoms with Gasteiger partial charge in [-0.15, -0.1) is 0 Å². The maximum atomic E-state index is 13.1. The van der Waals surface area contributed by atoms with E-state index < -0.39 is 11.7 Å². The summed E-state index contributed by atoms with van der Waals surface area (Å²) in [4.78, 5) is 10.5. The zero-order valence-corrected chi connectivity index (χ0v) is 10.8. The number of Topliss-reactive ketones (excluding diaryl/α,β-unsaturated/α-hetero) is 1. The predicted molar refractivity (Wildman–Crippen MR) is 66.0 cm³/mol. The second-order valence-corrected chi connectivity index (χ2v) is 4.38. The molecule has 0 radical (unpaired) electrons. The third kappa shape index (κ3) is 11.4. The summed E-state index contributed by atoms with van der Waals surface area (Å²) >= 11 is 0. The first kappa shape index (κ1) is 16.1. The molecule has 0 saturated heterocycles. The third-order valence-corrected chi connectivity index (χ3v) is 2.52. The van der Waals surface area contributed by atoms with Gasteiger partial charge in [0.1, 0.15) is 0 Å². The van der Waals surface area contributed by atoms with Crippen molar-refractivity contribution in [3.63, 3.8) is 0 Å². The molecule has 0 aromatic heterocycles. The molecule has 17 heavy (non-hydrogen) atoms. The lowest BCUT2D eigenvalue weighted by Gasteiger charge is -2.08. The van der Waals surface area contributed by atoms with Crippen molar-refractivity contribution in [3.8, 4) is 11.8 Å². The van der Waals surface area contributed by atoms with Gasteiger partial charge in [0.05, 0.1) is 0 Å². The van der Waals surface area contributed by atoms with Crippen molar-refractivity contribution in [2.24, 2.45) is 0 Å². The van der Waals surface area contributed by atoms with Crippen LogP contribution in [0.3, 0.4) is 0 Å². The Kier molecular flexibility index (Phi) is 8.66. The average molecular weight is 244 g/mol. The Hall–Kier alpha value is -0.910. The van der Waals surface area contributed by atoms with Crippen molar-refractivity contribution in [2.45, 2.75) is 71.1 Å². The number of halogens is 2. The molecule has 0 bridgehead atoms. The van der Waals surface area contributed by atoms with Gasteiger partial charge >= 0.3 is 5.92 Å². The topological polar surface area (TPSA) is 17.1 Å². The van der Waals surface area contributed by atoms with Crippen LogP contribution in [0.25, 0.3) is 0 Å². The summed E-state index contributed by atoms with van der Waals surface area (Å²) in [5, 5.41) is 0. The van der Waals surface area contributed by atoms with Crippen molar-refractivity contribution < 1.29 is 13.6 Å². The Morgan fingerprint density at radius 1 is 1.06 bits per heavy atom. The summed E-state index contributed by atoms with van der Waals surface area (Å²) in [5.74, 6) is 0.138. The molecule has 0 amide bonds. The Morgan fingerprint density at radius 2 is 1.59 bits per heavy atom. The van der Waals surface area contributed by atoms with Crippen LogP contribution in [-0.2, 0) is 4.79 Å². The highest BCUT2D eigenvalue weighted by Gasteiger charge is 2.24. The van der Waals surface area contributed by atoms with Crippen molar-refractivity contribution in [3.05, 3.63) is 0 Å². The minimum Gasteiger partial charge on any atom is -0.285 e. The molecule has 0 aromatic carbocycles. The molecule has 0 rings (SSSR count). The van der Waals surface area contributed by atoms with Crippen molar-refractivity contribution in [2.75, 3.05) is 0 Å². The van der Waals surface area contributed by atoms with Gasteiger partial charge in [-0.2, -0.15) is 8.78 Å². The van der Waals surface area contributed by atoms with Crippen LogP contribution in [0.2, 0.25) is 0 Å². The summed E-state index contributed by atoms with van der Waals surface area (Å²) in [6.45, 7) is 3.34. The molecule has 0 unspecified atom stereocenters. The first-order valence-corrected chi connectivity index (χ1v) is 6.39. The van der Waals surface area contributed by atoms with Crippen LogP contribution in [0, 0.1) is 11.8 Å². The summed E-state index contributed by atoms with van der Waals surface area (Å²) in [6.07, 6.45) is 6.80. The summed E-state index contributed by atoms with van der Waals surface area (Å²) in [5.41, 5.74) is 0. The van der Waals surface area contributed by atoms with E-state index in [9.17, 15) is 13.6 Å². The van der Waals surface area contributed by atoms with Gasteiger partial charge in [-0.1, -0.05) is 45.4 Å². The lowest BCUT2D eigenvalue weighted by molar-refractivity contribution is -0.111. The molecule has 0 fully saturated rings. The van der Waals surface area contributed by atoms with Crippen LogP contribution in [0.5, 0.6) is 0 Å². The summed E-state index contributed by atoms with van der Waals surface area (Å²) in [7, 11) is 0. The maximum absolute atomic E-state index is 13.1. The Morgan fingerprint density at radius 3 is 2.12 bits per heavy atom. The smallest absolute Gasteiger partial charge is 0.285 e. The van der Waals surface area contributed by atoms with E-state index in [-0.39, 0.29) is 6.42 Å². The fourth-order valence-corrected chi connectivity index (χ4v) is 1.55. The van der Waals surface area contributed by atoms with E-state index in [4.69, 9.17) is 0 Å². The number of unbranched alkanes of at least 4 members (excludes halogenated alkanes) is 6. The monoisotopic (exact) mass is 244 g/mol. The predicted octanol–water partition coefficient (Wildman–Crippen LogP) is 4.35. The highest BCUT2D eigenvalue weighted by molar-refractivity contribution is 5.93. The van der Waals surface area contributed by atoms with Gasteiger partial charge in [0.15, 0.2) is 0 Å². The van der Waals surface area contributed by atoms with Gasteiger partial charge in [0, 0.05) is 13.3 Å². The molecule has 0 heterocycles. The van der Waals surface area contributed by atoms with E-state index in [0.29, 0.717) is 6.42 Å². The van der Waals surface area contributed by atoms with Crippen molar-refractivity contribution >= 4 is 5.78 Å². The molecule has 0 atom stereocenters. The number of hydrogen-bond donors (Lipinski definition) is 0. The van der Waals surface area contributed by atoms with Gasteiger partial charge < -0.3 is 0 Å². The molecule has 0 spiro atoms. The Labute approximate surface area is 103 Å². The molecule has 0 N–H and O–H groups in total. The number of carbonyl (C=O) groups excluding carboxylic acids is 1. The number of hydrogen-bond acceptors (Lipinski definition) is 1. The van der Waals surface area contributed by atoms with Crippen LogP contribution in [0.4, 0.5) is 8.78 Å². The minimum atomic E-state index is -3.00. The van der Waals surface area contributed by atoms with Crippen molar-refractivity contribution in [1.82, 2.24) is 0 Å². The van der Waals surface area contributed by atoms with Gasteiger partial charge in [-0.25, -0.2) is 0 Å². The van der Waals surface area contributed by atoms with Crippen molar-refractivity contribution in [1.29, 1.82) is 0 Å². The van der Waals surface area contributed by atoms with E-state index >= 15 is 0 Å². The lowest BCUT2D eigenvalue weighted by atomic mass is 10.1. The number of alkyl halides is 2. The van der Waals surface area contributed by atoms with Crippen LogP contribution >= 0.6 is 0 Å². The first-order valence-electron chi connectivity index (χ1n) is 6.39. The normalized spacial score (nSPS) is 10.8. The molecule has 0 aromatic rings. The van der Waals surface area contributed by atoms with Crippen LogP contribution in [-0.4, -0.2) is 11.7 Å². The minimum absolute atomic E-state index is 0.235. The molecule has 0 saturated carbocycles. The van der Waals surface area contributed by atoms with Crippen LogP contribution < -0.4 is 0 Å². The summed E-state index contributed by atoms with van der Waals surface area (Å²) < 4.78 is 26.2. The lowest BCUT2D eigenvalue weighted by Crippen LogP contribution is -2.12. The first-order chi connectivity index (χ1) is 7.98. The SMILES string of the molecule is CCCCCCCCCC(F)(F)C#CC(C)=O. The van der Waals surface area contributed by atoms with Gasteiger partial charge in [-0.05, 0) is 18.3 Å². The van der Waals surface area contributed by atoms with Crippen LogP contribution in [0.1, 0.15) is 65.2 Å². The Balaban J connectivity index is 3.60. The molecule has 0 aliphatic rings. The highest BCUT2D eigenvalue weighted by atomic mass is 19.3. The number of ketones is 1. The average Bonchev–Trinajstić information content (AvgIpc) is 2.25. The van der Waals surface area contributed by atoms with Gasteiger partial charge in [0.25, 0.3) is 0 Å². The van der Waals surface area contributed by atoms with E-state index in [0.717, 1.165) is 19.3 Å². The standard InChI is InChI=1S/C14H22F2O/c1-3-4-5-6-7-8-9-11-14(15,16)12-10-13(2)17/h3-9,11H2,1-2H3. The molecular formula is C14H22F2O. The second kappa shape index (κ2) is 9.15. The molecule has 98 valence electrons. The number of rotatable bonds is 8. The molecule has 3 heteroatoms. The fraction of sp³-hybridized carbons (Fsp3) is 0.786. The maximum Gasteiger partial charge on any atom is 0.308 e. The van der Waals surface area contributed by atoms with E-state index in [1.165, 1.54) is 26.2 Å². The molecule has 1 nitrogen and oxygen atoms in total. The number of carbonyl (C=O) groups is 1. The van der Waals surface area contributed by atoms with Gasteiger partial charge in [-0.3, -0.25) is 4.79 Å². The largest absolute Gasteiger partial charge is 0.308 e. The van der Waals surface area contributed by atoms with Crippen LogP contribution in [0.15, 0.2) is 0 Å². The summed E-state index contributed by atoms with van der Waals surface area (Å²) in [6, 6.07) is 0. The molecule has 0 aliphatic heterocycles.